The molecule has 0 aliphatic carbocycles. The smallest absolute Gasteiger partial charge is 0.350 e. The van der Waals surface area contributed by atoms with Crippen molar-refractivity contribution in [1.82, 2.24) is 4.90 Å². The van der Waals surface area contributed by atoms with Gasteiger partial charge in [0.05, 0.1) is 25.3 Å². The molecular weight excluding hydrogens is 451 g/mol. The van der Waals surface area contributed by atoms with E-state index in [1.54, 1.807) is 12.1 Å². The molecule has 0 unspecified atom stereocenters. The Labute approximate surface area is 195 Å². The van der Waals surface area contributed by atoms with Crippen molar-refractivity contribution in [1.29, 1.82) is 0 Å². The lowest BCUT2D eigenvalue weighted by Gasteiger charge is -2.33. The van der Waals surface area contributed by atoms with Crippen molar-refractivity contribution in [2.75, 3.05) is 43.5 Å². The van der Waals surface area contributed by atoms with Crippen molar-refractivity contribution in [2.45, 2.75) is 25.3 Å². The number of carbonyl (C=O) groups is 2. The third-order valence-corrected chi connectivity index (χ3v) is 5.89. The molecule has 2 aromatic rings. The fourth-order valence-corrected chi connectivity index (χ4v) is 4.15. The summed E-state index contributed by atoms with van der Waals surface area (Å²) in [5, 5.41) is 5.25. The van der Waals surface area contributed by atoms with E-state index in [9.17, 15) is 22.8 Å². The molecule has 2 fully saturated rings. The summed E-state index contributed by atoms with van der Waals surface area (Å²) >= 11 is 0. The van der Waals surface area contributed by atoms with Gasteiger partial charge in [0.1, 0.15) is 0 Å². The highest BCUT2D eigenvalue weighted by Gasteiger charge is 2.31. The molecule has 34 heavy (non-hydrogen) atoms. The van der Waals surface area contributed by atoms with Gasteiger partial charge in [0.25, 0.3) is 5.91 Å². The zero-order chi connectivity index (χ0) is 24.1. The van der Waals surface area contributed by atoms with Crippen LogP contribution in [0.2, 0.25) is 0 Å². The number of nitrogens with zero attached hydrogens (tertiary/aromatic N) is 1. The molecule has 2 amide bonds. The second-order valence-electron chi connectivity index (χ2n) is 8.39. The normalized spacial score (nSPS) is 18.1. The molecule has 182 valence electrons. The van der Waals surface area contributed by atoms with Gasteiger partial charge in [-0.3, -0.25) is 14.5 Å². The molecule has 2 aliphatic rings. The Morgan fingerprint density at radius 1 is 0.941 bits per heavy atom. The van der Waals surface area contributed by atoms with Gasteiger partial charge in [0.2, 0.25) is 5.91 Å². The van der Waals surface area contributed by atoms with E-state index in [4.69, 9.17) is 9.47 Å². The predicted molar refractivity (Wildman–Crippen MR) is 119 cm³/mol. The third-order valence-electron chi connectivity index (χ3n) is 5.89. The van der Waals surface area contributed by atoms with E-state index in [0.717, 1.165) is 38.1 Å². The largest absolute Gasteiger partial charge is 0.416 e. The van der Waals surface area contributed by atoms with Gasteiger partial charge in [-0.15, -0.1) is 0 Å². The zero-order valence-corrected chi connectivity index (χ0v) is 18.4. The van der Waals surface area contributed by atoms with Crippen LogP contribution in [0.5, 0.6) is 0 Å². The van der Waals surface area contributed by atoms with Crippen LogP contribution in [0.25, 0.3) is 0 Å². The van der Waals surface area contributed by atoms with Crippen LogP contribution >= 0.6 is 0 Å². The number of carbonyl (C=O) groups excluding carboxylic acids is 2. The molecule has 2 aliphatic heterocycles. The van der Waals surface area contributed by atoms with E-state index in [2.05, 4.69) is 15.5 Å². The minimum Gasteiger partial charge on any atom is -0.350 e. The number of piperidine rings is 1. The second-order valence-corrected chi connectivity index (χ2v) is 8.39. The van der Waals surface area contributed by atoms with Crippen LogP contribution in [0.15, 0.2) is 48.5 Å². The second kappa shape index (κ2) is 10.5. The number of amides is 2. The number of halogens is 3. The number of nitrogens with one attached hydrogen (secondary N) is 2. The maximum absolute atomic E-state index is 12.9. The summed E-state index contributed by atoms with van der Waals surface area (Å²) in [7, 11) is 0. The molecule has 0 radical (unpaired) electrons. The van der Waals surface area contributed by atoms with Crippen LogP contribution in [-0.4, -0.2) is 55.9 Å². The van der Waals surface area contributed by atoms with Crippen molar-refractivity contribution in [2.24, 2.45) is 5.92 Å². The predicted octanol–water partition coefficient (Wildman–Crippen LogP) is 3.98. The Morgan fingerprint density at radius 2 is 1.59 bits per heavy atom. The molecule has 2 N–H and O–H groups in total. The van der Waals surface area contributed by atoms with Crippen LogP contribution < -0.4 is 10.6 Å². The lowest BCUT2D eigenvalue weighted by Crippen LogP contribution is -2.41. The molecule has 10 heteroatoms. The zero-order valence-electron chi connectivity index (χ0n) is 18.4. The average Bonchev–Trinajstić information content (AvgIpc) is 3.34. The fourth-order valence-electron chi connectivity index (χ4n) is 4.15. The van der Waals surface area contributed by atoms with Gasteiger partial charge < -0.3 is 20.1 Å². The lowest BCUT2D eigenvalue weighted by atomic mass is 9.96. The number of hydrogen-bond donors (Lipinski definition) is 2. The molecule has 0 bridgehead atoms. The van der Waals surface area contributed by atoms with E-state index >= 15 is 0 Å². The topological polar surface area (TPSA) is 79.9 Å². The Balaban J connectivity index is 1.29. The minimum absolute atomic E-state index is 0.0334. The molecule has 2 aromatic carbocycles. The number of alkyl halides is 3. The van der Waals surface area contributed by atoms with Crippen LogP contribution in [0.4, 0.5) is 24.5 Å². The third kappa shape index (κ3) is 6.34. The maximum atomic E-state index is 12.9. The van der Waals surface area contributed by atoms with Gasteiger partial charge >= 0.3 is 6.18 Å². The average molecular weight is 477 g/mol. The molecule has 0 saturated carbocycles. The standard InChI is InChI=1S/C24H26F3N3O4/c25-24(26,27)18-4-2-6-20(14-18)29-22(32)17-3-1-5-19(13-17)28-21(31)15-30-9-7-16(8-10-30)23-33-11-12-34-23/h1-6,13-14,16,23H,7-12,15H2,(H,28,31)(H,29,32). The number of ether oxygens (including phenoxy) is 2. The summed E-state index contributed by atoms with van der Waals surface area (Å²) in [5.41, 5.74) is -0.165. The van der Waals surface area contributed by atoms with Crippen molar-refractivity contribution in [3.63, 3.8) is 0 Å². The first kappa shape index (κ1) is 24.2. The first-order valence-corrected chi connectivity index (χ1v) is 11.1. The first-order chi connectivity index (χ1) is 16.3. The van der Waals surface area contributed by atoms with Gasteiger partial charge in [-0.25, -0.2) is 0 Å². The monoisotopic (exact) mass is 477 g/mol. The van der Waals surface area contributed by atoms with Crippen molar-refractivity contribution in [3.8, 4) is 0 Å². The van der Waals surface area contributed by atoms with Crippen LogP contribution in [0.1, 0.15) is 28.8 Å². The van der Waals surface area contributed by atoms with Crippen molar-refractivity contribution < 1.29 is 32.2 Å². The first-order valence-electron chi connectivity index (χ1n) is 11.1. The van der Waals surface area contributed by atoms with Gasteiger partial charge in [-0.1, -0.05) is 12.1 Å². The summed E-state index contributed by atoms with van der Waals surface area (Å²) in [5.74, 6) is -0.440. The number of benzene rings is 2. The number of likely N-dealkylation sites (tertiary alicyclic amines) is 1. The summed E-state index contributed by atoms with van der Waals surface area (Å²) in [4.78, 5) is 27.1. The van der Waals surface area contributed by atoms with Crippen LogP contribution in [-0.2, 0) is 20.4 Å². The Hall–Kier alpha value is -2.95. The number of hydrogen-bond acceptors (Lipinski definition) is 5. The van der Waals surface area contributed by atoms with E-state index < -0.39 is 17.6 Å². The van der Waals surface area contributed by atoms with Crippen LogP contribution in [0.3, 0.4) is 0 Å². The summed E-state index contributed by atoms with van der Waals surface area (Å²) in [6.45, 7) is 3.01. The number of anilines is 2. The Morgan fingerprint density at radius 3 is 2.26 bits per heavy atom. The van der Waals surface area contributed by atoms with E-state index in [1.807, 2.05) is 0 Å². The molecule has 2 saturated heterocycles. The maximum Gasteiger partial charge on any atom is 0.416 e. The molecule has 7 nitrogen and oxygen atoms in total. The lowest BCUT2D eigenvalue weighted by molar-refractivity contribution is -0.137. The van der Waals surface area contributed by atoms with Crippen LogP contribution in [0, 0.1) is 5.92 Å². The van der Waals surface area contributed by atoms with Gasteiger partial charge in [0.15, 0.2) is 6.29 Å². The molecule has 0 aromatic heterocycles. The summed E-state index contributed by atoms with van der Waals surface area (Å²) < 4.78 is 49.8. The highest BCUT2D eigenvalue weighted by atomic mass is 19.4. The molecule has 0 atom stereocenters. The summed E-state index contributed by atoms with van der Waals surface area (Å²) in [6, 6.07) is 10.7. The highest BCUT2D eigenvalue weighted by Crippen LogP contribution is 2.31. The van der Waals surface area contributed by atoms with Gasteiger partial charge in [-0.05, 0) is 62.3 Å². The van der Waals surface area contributed by atoms with E-state index in [-0.39, 0.29) is 30.0 Å². The van der Waals surface area contributed by atoms with E-state index in [0.29, 0.717) is 24.8 Å². The van der Waals surface area contributed by atoms with Crippen molar-refractivity contribution in [3.05, 3.63) is 59.7 Å². The molecule has 2 heterocycles. The molecule has 0 spiro atoms. The summed E-state index contributed by atoms with van der Waals surface area (Å²) in [6.07, 6.45) is -2.86. The quantitative estimate of drug-likeness (QED) is 0.658. The Kier molecular flexibility index (Phi) is 7.50. The van der Waals surface area contributed by atoms with Crippen molar-refractivity contribution >= 4 is 23.2 Å². The minimum atomic E-state index is -4.50. The molecular formula is C24H26F3N3O4. The Bertz CT molecular complexity index is 1020. The molecule has 4 rings (SSSR count). The highest BCUT2D eigenvalue weighted by molar-refractivity contribution is 6.05. The van der Waals surface area contributed by atoms with Gasteiger partial charge in [-0.2, -0.15) is 13.2 Å². The SMILES string of the molecule is O=C(CN1CCC(C2OCCO2)CC1)Nc1cccc(C(=O)Nc2cccc(C(F)(F)F)c2)c1. The number of rotatable bonds is 6. The van der Waals surface area contributed by atoms with Gasteiger partial charge in [0, 0.05) is 22.9 Å². The van der Waals surface area contributed by atoms with E-state index in [1.165, 1.54) is 24.3 Å². The fraction of sp³-hybridized carbons (Fsp3) is 0.417.